The molecule has 0 unspecified atom stereocenters. The molecule has 15 heterocycles. The van der Waals surface area contributed by atoms with Crippen LogP contribution in [0.3, 0.4) is 0 Å². The lowest BCUT2D eigenvalue weighted by Gasteiger charge is -2.40. The standard InChI is InChI=1S/2C12H18N4O.C12H25N3.2C11H22N2.C10H22N2.C9H21N3.C8H12N4.C7H17N3/c1-13-10-12(17)16-8-6-15(7-9-16)11-2-4-14-5-3-11;13-4-1-12(17)16-9-7-15(8-10-16)11-2-5-14-6-3-11;13-6-11-14-9-4-12(5-10-14)15-7-2-1-3-8-15;1-13-8-4-11(5-9-13)10-2-6-12-7-3-10;1-2-8-13(9-3-1)10-11-4-6-12-7-5-11;1-12(2)9-3-4-10-5-7-11-8-6-10;1-10-4-3-5-12-8-6-11(2)7-9-12;1-2-10-7-11-8(1)12-5-3-9-4-6-12;1-9-4-6-10(3-2-8)7-5-9/h2-5,13H,6-10H2,1H3;2-3,5-6H,1,4,7-10,13H2;12H,1-11,13H2;10-12H,2-9H2,1H3;11-12H,1-10H2;10-11H,3-9H2,1-2H3;10H,3-9H2,1-2H3;1-2,7,9H,3-6H2;2-8H2,1H3. The molecular formula is C92H177N27O2. The minimum Gasteiger partial charge on any atom is -0.368 e. The Kier molecular flexibility index (Phi) is 55.1. The highest BCUT2D eigenvalue weighted by atomic mass is 16.2. The number of anilines is 3. The number of rotatable bonds is 23. The van der Waals surface area contributed by atoms with Crippen LogP contribution in [0, 0.1) is 23.7 Å². The Hall–Kier alpha value is -5.00. The molecule has 3 aromatic rings. The quantitative estimate of drug-likeness (QED) is 0.0608. The summed E-state index contributed by atoms with van der Waals surface area (Å²) in [6.45, 7) is 48.3. The van der Waals surface area contributed by atoms with Gasteiger partial charge in [-0.15, -0.1) is 0 Å². The number of carbonyl (C=O) groups excluding carboxylic acids is 2. The zero-order valence-corrected chi connectivity index (χ0v) is 77.6. The monoisotopic (exact) mass is 1690 g/mol. The predicted octanol–water partition coefficient (Wildman–Crippen LogP) is 3.97. The Morgan fingerprint density at radius 1 is 0.421 bits per heavy atom. The first-order valence-electron chi connectivity index (χ1n) is 48.2. The number of likely N-dealkylation sites (tertiary alicyclic amines) is 4. The van der Waals surface area contributed by atoms with Crippen LogP contribution < -0.4 is 63.8 Å². The van der Waals surface area contributed by atoms with E-state index in [0.717, 1.165) is 147 Å². The Balaban J connectivity index is 0.000000188. The van der Waals surface area contributed by atoms with E-state index in [0.29, 0.717) is 19.5 Å². The van der Waals surface area contributed by atoms with Crippen molar-refractivity contribution >= 4 is 29.0 Å². The van der Waals surface area contributed by atoms with E-state index in [2.05, 4.69) is 146 Å². The van der Waals surface area contributed by atoms with Gasteiger partial charge in [0.05, 0.1) is 6.54 Å². The highest BCUT2D eigenvalue weighted by molar-refractivity contribution is 5.78. The van der Waals surface area contributed by atoms with Crippen molar-refractivity contribution in [3.63, 3.8) is 0 Å². The first-order chi connectivity index (χ1) is 59.2. The maximum absolute atomic E-state index is 11.7. The van der Waals surface area contributed by atoms with Crippen LogP contribution in [0.15, 0.2) is 67.6 Å². The van der Waals surface area contributed by atoms with Crippen molar-refractivity contribution in [3.8, 4) is 0 Å². The number of amides is 2. The fourth-order valence-electron chi connectivity index (χ4n) is 18.5. The maximum atomic E-state index is 11.7. The molecule has 0 radical (unpaired) electrons. The van der Waals surface area contributed by atoms with Crippen LogP contribution in [0.4, 0.5) is 17.2 Å². The van der Waals surface area contributed by atoms with E-state index in [1.807, 2.05) is 47.2 Å². The number of nitrogens with one attached hydrogen (secondary N) is 6. The Labute approximate surface area is 735 Å². The van der Waals surface area contributed by atoms with Crippen LogP contribution >= 0.6 is 0 Å². The van der Waals surface area contributed by atoms with Gasteiger partial charge in [0.15, 0.2) is 0 Å². The lowest BCUT2D eigenvalue weighted by Crippen LogP contribution is -2.50. The summed E-state index contributed by atoms with van der Waals surface area (Å²) >= 11 is 0. The lowest BCUT2D eigenvalue weighted by molar-refractivity contribution is -0.131. The topological polar surface area (TPSA) is 281 Å². The number of nitrogens with zero attached hydrogens (tertiary/aromatic N) is 18. The lowest BCUT2D eigenvalue weighted by atomic mass is 9.79. The number of nitrogens with two attached hydrogens (primary N) is 3. The summed E-state index contributed by atoms with van der Waals surface area (Å²) in [4.78, 5) is 72.4. The van der Waals surface area contributed by atoms with E-state index >= 15 is 0 Å². The summed E-state index contributed by atoms with van der Waals surface area (Å²) in [5.41, 5.74) is 18.8. The van der Waals surface area contributed by atoms with Crippen molar-refractivity contribution in [1.82, 2.24) is 106 Å². The van der Waals surface area contributed by atoms with Crippen molar-refractivity contribution < 1.29 is 9.59 Å². The molecule has 12 N–H and O–H groups in total. The highest BCUT2D eigenvalue weighted by Crippen LogP contribution is 2.31. The van der Waals surface area contributed by atoms with E-state index in [-0.39, 0.29) is 11.8 Å². The number of piperidine rings is 7. The molecule has 29 nitrogen and oxygen atoms in total. The molecule has 3 aromatic heterocycles. The fourth-order valence-corrected chi connectivity index (χ4v) is 18.5. The molecule has 692 valence electrons. The SMILES string of the molecule is C1CCN(CC2CCNCC2)CC1.CN(C)CCCC1CCNCC1.CN1CCC(C2CCNCC2)CC1.CN1CCN(CCN)CC1.CNCC(=O)N1CCN(c2ccncc2)CC1.CNCCCN1CCN(C)CC1.NCCC(=O)N1CCN(c2ccncc2)CC1.NCCN1CCC(N2CCCCC2)CC1.c1cc(N2CCNCC2)ncn1. The summed E-state index contributed by atoms with van der Waals surface area (Å²) in [5, 5.41) is 19.7. The van der Waals surface area contributed by atoms with Gasteiger partial charge >= 0.3 is 0 Å². The van der Waals surface area contributed by atoms with E-state index in [9.17, 15) is 9.59 Å². The summed E-state index contributed by atoms with van der Waals surface area (Å²) in [5.74, 6) is 5.45. The van der Waals surface area contributed by atoms with Crippen molar-refractivity contribution in [2.75, 3.05) is 352 Å². The van der Waals surface area contributed by atoms with Crippen LogP contribution in [0.1, 0.15) is 128 Å². The molecule has 0 aliphatic carbocycles. The van der Waals surface area contributed by atoms with Gasteiger partial charge in [-0.05, 0) is 324 Å². The number of pyridine rings is 2. The molecule has 0 spiro atoms. The van der Waals surface area contributed by atoms with Crippen molar-refractivity contribution in [2.45, 2.75) is 134 Å². The van der Waals surface area contributed by atoms with Gasteiger partial charge in [0.25, 0.3) is 0 Å². The average molecular weight is 1690 g/mol. The Morgan fingerprint density at radius 2 is 0.876 bits per heavy atom. The number of aromatic nitrogens is 4. The molecule has 12 aliphatic rings. The predicted molar refractivity (Wildman–Crippen MR) is 505 cm³/mol. The van der Waals surface area contributed by atoms with Gasteiger partial charge in [-0.25, -0.2) is 9.97 Å². The smallest absolute Gasteiger partial charge is 0.236 e. The Bertz CT molecular complexity index is 2810. The van der Waals surface area contributed by atoms with Crippen LogP contribution in [-0.2, 0) is 9.59 Å². The zero-order chi connectivity index (χ0) is 86.0. The number of likely N-dealkylation sites (N-methyl/N-ethyl adjacent to an activating group) is 3. The maximum Gasteiger partial charge on any atom is 0.236 e. The molecule has 12 fully saturated rings. The van der Waals surface area contributed by atoms with Crippen LogP contribution in [0.5, 0.6) is 0 Å². The van der Waals surface area contributed by atoms with Gasteiger partial charge in [0.1, 0.15) is 12.1 Å². The molecule has 0 saturated carbocycles. The minimum absolute atomic E-state index is 0.168. The Morgan fingerprint density at radius 3 is 1.36 bits per heavy atom. The second-order valence-corrected chi connectivity index (χ2v) is 35.9. The third-order valence-electron chi connectivity index (χ3n) is 26.4. The third-order valence-corrected chi connectivity index (χ3v) is 26.4. The number of carbonyl (C=O) groups is 2. The molecule has 121 heavy (non-hydrogen) atoms. The molecular weight excluding hydrogens is 1520 g/mol. The van der Waals surface area contributed by atoms with Gasteiger partial charge in [0, 0.05) is 225 Å². The second kappa shape index (κ2) is 64.7. The van der Waals surface area contributed by atoms with Crippen LogP contribution in [0.25, 0.3) is 0 Å². The van der Waals surface area contributed by atoms with E-state index in [1.165, 1.54) is 297 Å². The summed E-state index contributed by atoms with van der Waals surface area (Å²) in [6.07, 6.45) is 37.8. The second-order valence-electron chi connectivity index (χ2n) is 35.9. The van der Waals surface area contributed by atoms with Gasteiger partial charge in [-0.3, -0.25) is 24.5 Å². The molecule has 2 amide bonds. The van der Waals surface area contributed by atoms with Crippen LogP contribution in [0.2, 0.25) is 0 Å². The van der Waals surface area contributed by atoms with Gasteiger partial charge in [-0.1, -0.05) is 12.8 Å². The first-order valence-corrected chi connectivity index (χ1v) is 48.2. The number of hydrogen-bond acceptors (Lipinski definition) is 27. The van der Waals surface area contributed by atoms with Gasteiger partial charge < -0.3 is 113 Å². The molecule has 0 bridgehead atoms. The van der Waals surface area contributed by atoms with E-state index in [4.69, 9.17) is 17.2 Å². The number of piperazine rings is 5. The first kappa shape index (κ1) is 103. The molecule has 15 rings (SSSR count). The van der Waals surface area contributed by atoms with E-state index < -0.39 is 0 Å². The molecule has 29 heteroatoms. The van der Waals surface area contributed by atoms with Crippen molar-refractivity contribution in [2.24, 2.45) is 40.9 Å². The highest BCUT2D eigenvalue weighted by Gasteiger charge is 2.29. The largest absolute Gasteiger partial charge is 0.368 e. The summed E-state index contributed by atoms with van der Waals surface area (Å²) in [7, 11) is 14.7. The van der Waals surface area contributed by atoms with Gasteiger partial charge in [0.2, 0.25) is 11.8 Å². The van der Waals surface area contributed by atoms with E-state index in [1.54, 1.807) is 44.4 Å². The number of hydrogen-bond donors (Lipinski definition) is 9. The minimum atomic E-state index is 0.168. The van der Waals surface area contributed by atoms with Crippen molar-refractivity contribution in [1.29, 1.82) is 0 Å². The third kappa shape index (κ3) is 44.3. The van der Waals surface area contributed by atoms with Crippen molar-refractivity contribution in [3.05, 3.63) is 67.6 Å². The average Bonchev–Trinajstić information content (AvgIpc) is 0.862. The van der Waals surface area contributed by atoms with Gasteiger partial charge in [-0.2, -0.15) is 0 Å². The fraction of sp³-hybridized carbons (Fsp3) is 0.826. The molecule has 12 aliphatic heterocycles. The summed E-state index contributed by atoms with van der Waals surface area (Å²) in [6, 6.07) is 10.8. The molecule has 12 saturated heterocycles. The summed E-state index contributed by atoms with van der Waals surface area (Å²) < 4.78 is 0. The molecule has 0 aromatic carbocycles. The van der Waals surface area contributed by atoms with Crippen LogP contribution in [-0.4, -0.2) is 429 Å². The normalized spacial score (nSPS) is 21.8. The zero-order valence-electron chi connectivity index (χ0n) is 77.6. The molecule has 0 atom stereocenters.